The summed E-state index contributed by atoms with van der Waals surface area (Å²) in [4.78, 5) is 0. The van der Waals surface area contributed by atoms with Crippen molar-refractivity contribution in [1.82, 2.24) is 5.32 Å². The minimum atomic E-state index is 0.650. The van der Waals surface area contributed by atoms with Gasteiger partial charge in [-0.3, -0.25) is 0 Å². The van der Waals surface area contributed by atoms with E-state index >= 15 is 0 Å². The quantitative estimate of drug-likeness (QED) is 0.879. The van der Waals surface area contributed by atoms with Crippen LogP contribution >= 0.6 is 15.9 Å². The highest BCUT2D eigenvalue weighted by molar-refractivity contribution is 9.10. The van der Waals surface area contributed by atoms with Gasteiger partial charge in [0.15, 0.2) is 0 Å². The van der Waals surface area contributed by atoms with Crippen molar-refractivity contribution < 1.29 is 0 Å². The van der Waals surface area contributed by atoms with Crippen molar-refractivity contribution in [2.45, 2.75) is 44.6 Å². The Kier molecular flexibility index (Phi) is 5.05. The lowest BCUT2D eigenvalue weighted by Gasteiger charge is -2.30. The van der Waals surface area contributed by atoms with Crippen LogP contribution in [0.2, 0.25) is 0 Å². The van der Waals surface area contributed by atoms with Gasteiger partial charge in [0.05, 0.1) is 0 Å². The minimum Gasteiger partial charge on any atom is -0.316 e. The zero-order valence-corrected chi connectivity index (χ0v) is 12.2. The molecule has 94 valence electrons. The van der Waals surface area contributed by atoms with Crippen LogP contribution in [0.15, 0.2) is 28.7 Å². The third-order valence-electron chi connectivity index (χ3n) is 3.96. The first-order chi connectivity index (χ1) is 8.29. The van der Waals surface area contributed by atoms with E-state index in [4.69, 9.17) is 0 Å². The molecule has 1 fully saturated rings. The van der Waals surface area contributed by atoms with Gasteiger partial charge in [-0.05, 0) is 49.9 Å². The predicted molar refractivity (Wildman–Crippen MR) is 77.3 cm³/mol. The summed E-state index contributed by atoms with van der Waals surface area (Å²) in [6.07, 6.45) is 8.25. The Balaban J connectivity index is 1.96. The van der Waals surface area contributed by atoms with Crippen LogP contribution < -0.4 is 5.32 Å². The first kappa shape index (κ1) is 13.1. The van der Waals surface area contributed by atoms with Gasteiger partial charge in [0.2, 0.25) is 0 Å². The maximum atomic E-state index is 3.52. The highest BCUT2D eigenvalue weighted by atomic mass is 79.9. The highest BCUT2D eigenvalue weighted by Crippen LogP contribution is 2.28. The Morgan fingerprint density at radius 2 is 1.82 bits per heavy atom. The van der Waals surface area contributed by atoms with E-state index < -0.39 is 0 Å². The van der Waals surface area contributed by atoms with Crippen molar-refractivity contribution in [1.29, 1.82) is 0 Å². The lowest BCUT2D eigenvalue weighted by atomic mass is 9.81. The molecule has 0 aliphatic heterocycles. The predicted octanol–water partition coefficient (Wildman–Crippen LogP) is 4.16. The molecule has 2 rings (SSSR count). The summed E-state index contributed by atoms with van der Waals surface area (Å²) in [6.45, 7) is 0. The van der Waals surface area contributed by atoms with E-state index in [9.17, 15) is 0 Å². The average Bonchev–Trinajstić information content (AvgIpc) is 2.39. The second-order valence-electron chi connectivity index (χ2n) is 5.12. The minimum absolute atomic E-state index is 0.650. The summed E-state index contributed by atoms with van der Waals surface area (Å²) in [6, 6.07) is 9.40. The molecule has 1 aromatic carbocycles. The van der Waals surface area contributed by atoms with E-state index in [0.717, 1.165) is 12.3 Å². The van der Waals surface area contributed by atoms with Crippen molar-refractivity contribution in [2.75, 3.05) is 7.05 Å². The average molecular weight is 296 g/mol. The Morgan fingerprint density at radius 1 is 1.18 bits per heavy atom. The number of hydrogen-bond acceptors (Lipinski definition) is 1. The zero-order chi connectivity index (χ0) is 12.1. The van der Waals surface area contributed by atoms with Crippen LogP contribution in [0.5, 0.6) is 0 Å². The molecule has 1 atom stereocenters. The van der Waals surface area contributed by atoms with Crippen LogP contribution in [-0.2, 0) is 6.42 Å². The van der Waals surface area contributed by atoms with Crippen molar-refractivity contribution in [3.05, 3.63) is 34.3 Å². The molecule has 0 spiro atoms. The molecule has 1 unspecified atom stereocenters. The topological polar surface area (TPSA) is 12.0 Å². The molecule has 1 aliphatic carbocycles. The molecule has 1 saturated carbocycles. The molecular weight excluding hydrogens is 274 g/mol. The van der Waals surface area contributed by atoms with Crippen LogP contribution in [0.1, 0.15) is 37.7 Å². The monoisotopic (exact) mass is 295 g/mol. The second-order valence-corrected chi connectivity index (χ2v) is 6.04. The van der Waals surface area contributed by atoms with Gasteiger partial charge in [0.1, 0.15) is 0 Å². The zero-order valence-electron chi connectivity index (χ0n) is 10.6. The van der Waals surface area contributed by atoms with Crippen molar-refractivity contribution in [3.63, 3.8) is 0 Å². The summed E-state index contributed by atoms with van der Waals surface area (Å²) in [5.41, 5.74) is 1.44. The van der Waals surface area contributed by atoms with Crippen LogP contribution in [-0.4, -0.2) is 13.1 Å². The van der Waals surface area contributed by atoms with Gasteiger partial charge >= 0.3 is 0 Å². The molecule has 0 radical (unpaired) electrons. The highest BCUT2D eigenvalue weighted by Gasteiger charge is 2.22. The Morgan fingerprint density at radius 3 is 2.41 bits per heavy atom. The van der Waals surface area contributed by atoms with Crippen molar-refractivity contribution >= 4 is 15.9 Å². The van der Waals surface area contributed by atoms with E-state index in [1.807, 2.05) is 0 Å². The number of likely N-dealkylation sites (N-methyl/N-ethyl adjacent to an activating group) is 1. The van der Waals surface area contributed by atoms with E-state index in [-0.39, 0.29) is 0 Å². The first-order valence-electron chi connectivity index (χ1n) is 6.71. The smallest absolute Gasteiger partial charge is 0.0175 e. The standard InChI is InChI=1S/C15H22BrN/c1-17-15(13-5-3-2-4-6-13)11-12-7-9-14(16)10-8-12/h7-10,13,15,17H,2-6,11H2,1H3. The van der Waals surface area contributed by atoms with Gasteiger partial charge in [-0.15, -0.1) is 0 Å². The van der Waals surface area contributed by atoms with E-state index in [1.54, 1.807) is 0 Å². The Labute approximate surface area is 113 Å². The second kappa shape index (κ2) is 6.55. The molecule has 1 aliphatic rings. The van der Waals surface area contributed by atoms with E-state index in [0.29, 0.717) is 6.04 Å². The number of hydrogen-bond donors (Lipinski definition) is 1. The maximum Gasteiger partial charge on any atom is 0.0175 e. The van der Waals surface area contributed by atoms with E-state index in [2.05, 4.69) is 52.6 Å². The summed E-state index contributed by atoms with van der Waals surface area (Å²) in [5.74, 6) is 0.873. The molecular formula is C15H22BrN. The molecule has 1 aromatic rings. The molecule has 0 aromatic heterocycles. The fourth-order valence-corrected chi connectivity index (χ4v) is 3.18. The fraction of sp³-hybridized carbons (Fsp3) is 0.600. The molecule has 0 amide bonds. The number of benzene rings is 1. The van der Waals surface area contributed by atoms with E-state index in [1.165, 1.54) is 42.1 Å². The molecule has 1 N–H and O–H groups in total. The van der Waals surface area contributed by atoms with Gasteiger partial charge in [-0.2, -0.15) is 0 Å². The first-order valence-corrected chi connectivity index (χ1v) is 7.50. The van der Waals surface area contributed by atoms with Crippen LogP contribution in [0.3, 0.4) is 0 Å². The molecule has 2 heteroatoms. The summed E-state index contributed by atoms with van der Waals surface area (Å²) in [5, 5.41) is 3.52. The van der Waals surface area contributed by atoms with Crippen molar-refractivity contribution in [2.24, 2.45) is 5.92 Å². The maximum absolute atomic E-state index is 3.52. The lowest BCUT2D eigenvalue weighted by molar-refractivity contribution is 0.277. The summed E-state index contributed by atoms with van der Waals surface area (Å²) >= 11 is 3.49. The SMILES string of the molecule is CNC(Cc1ccc(Br)cc1)C1CCCCC1. The van der Waals surface area contributed by atoms with Crippen LogP contribution in [0.4, 0.5) is 0 Å². The largest absolute Gasteiger partial charge is 0.316 e. The Hall–Kier alpha value is -0.340. The lowest BCUT2D eigenvalue weighted by Crippen LogP contribution is -2.36. The fourth-order valence-electron chi connectivity index (χ4n) is 2.92. The molecule has 0 bridgehead atoms. The van der Waals surface area contributed by atoms with Gasteiger partial charge in [0, 0.05) is 10.5 Å². The van der Waals surface area contributed by atoms with Crippen molar-refractivity contribution in [3.8, 4) is 0 Å². The molecule has 0 saturated heterocycles. The Bertz CT molecular complexity index is 327. The number of rotatable bonds is 4. The van der Waals surface area contributed by atoms with Gasteiger partial charge in [-0.1, -0.05) is 47.3 Å². The van der Waals surface area contributed by atoms with Crippen LogP contribution in [0.25, 0.3) is 0 Å². The molecule has 17 heavy (non-hydrogen) atoms. The molecule has 1 nitrogen and oxygen atoms in total. The number of nitrogens with one attached hydrogen (secondary N) is 1. The third kappa shape index (κ3) is 3.82. The summed E-state index contributed by atoms with van der Waals surface area (Å²) < 4.78 is 1.17. The van der Waals surface area contributed by atoms with Gasteiger partial charge in [-0.25, -0.2) is 0 Å². The van der Waals surface area contributed by atoms with Gasteiger partial charge in [0.25, 0.3) is 0 Å². The molecule has 0 heterocycles. The number of halogens is 1. The normalized spacial score (nSPS) is 19.2. The van der Waals surface area contributed by atoms with Crippen LogP contribution in [0, 0.1) is 5.92 Å². The third-order valence-corrected chi connectivity index (χ3v) is 4.49. The summed E-state index contributed by atoms with van der Waals surface area (Å²) in [7, 11) is 2.11. The van der Waals surface area contributed by atoms with Gasteiger partial charge < -0.3 is 5.32 Å².